The zero-order valence-corrected chi connectivity index (χ0v) is 14.4. The topological polar surface area (TPSA) is 57.0 Å². The van der Waals surface area contributed by atoms with E-state index < -0.39 is 0 Å². The fourth-order valence-electron chi connectivity index (χ4n) is 2.82. The average molecular weight is 331 g/mol. The summed E-state index contributed by atoms with van der Waals surface area (Å²) in [5.41, 5.74) is 1.72. The average Bonchev–Trinajstić information content (AvgIpc) is 2.79. The van der Waals surface area contributed by atoms with Crippen LogP contribution in [0.15, 0.2) is 23.4 Å². The smallest absolute Gasteiger partial charge is 0.191 e. The first-order chi connectivity index (χ1) is 11.2. The Hall–Kier alpha value is -1.82. The molecule has 0 fully saturated rings. The number of benzene rings is 1. The number of nitrogens with zero attached hydrogens (tertiary/aromatic N) is 3. The summed E-state index contributed by atoms with van der Waals surface area (Å²) in [6.45, 7) is 2.58. The first-order valence-corrected chi connectivity index (χ1v) is 8.90. The Morgan fingerprint density at radius 3 is 2.96 bits per heavy atom. The van der Waals surface area contributed by atoms with Gasteiger partial charge in [0.1, 0.15) is 11.6 Å². The highest BCUT2D eigenvalue weighted by atomic mass is 32.2. The maximum atomic E-state index is 11.6. The normalized spacial score (nSPS) is 14.2. The lowest BCUT2D eigenvalue weighted by molar-refractivity contribution is 0.101. The maximum Gasteiger partial charge on any atom is 0.191 e. The number of rotatable bonds is 5. The van der Waals surface area contributed by atoms with Gasteiger partial charge in [-0.1, -0.05) is 18.2 Å². The van der Waals surface area contributed by atoms with Crippen LogP contribution in [0.1, 0.15) is 47.9 Å². The van der Waals surface area contributed by atoms with Crippen LogP contribution >= 0.6 is 11.8 Å². The first kappa shape index (κ1) is 16.1. The monoisotopic (exact) mass is 331 g/mol. The molecular formula is C17H21N3O2S. The molecule has 23 heavy (non-hydrogen) atoms. The van der Waals surface area contributed by atoms with Gasteiger partial charge >= 0.3 is 0 Å². The van der Waals surface area contributed by atoms with Crippen molar-refractivity contribution in [3.63, 3.8) is 0 Å². The van der Waals surface area contributed by atoms with Crippen LogP contribution in [0.4, 0.5) is 0 Å². The van der Waals surface area contributed by atoms with Gasteiger partial charge in [0.2, 0.25) is 0 Å². The Balaban J connectivity index is 1.79. The van der Waals surface area contributed by atoms with E-state index in [2.05, 4.69) is 14.8 Å². The van der Waals surface area contributed by atoms with Crippen molar-refractivity contribution in [2.24, 2.45) is 0 Å². The summed E-state index contributed by atoms with van der Waals surface area (Å²) in [5, 5.41) is 9.62. The lowest BCUT2D eigenvalue weighted by Gasteiger charge is -2.10. The van der Waals surface area contributed by atoms with E-state index in [9.17, 15) is 4.79 Å². The zero-order chi connectivity index (χ0) is 16.2. The molecule has 0 bridgehead atoms. The van der Waals surface area contributed by atoms with Crippen LogP contribution in [0.5, 0.6) is 5.75 Å². The van der Waals surface area contributed by atoms with Crippen LogP contribution in [0, 0.1) is 0 Å². The minimum Gasteiger partial charge on any atom is -0.496 e. The number of ether oxygens (including phenoxy) is 1. The molecule has 0 atom stereocenters. The van der Waals surface area contributed by atoms with Gasteiger partial charge in [-0.3, -0.25) is 4.79 Å². The van der Waals surface area contributed by atoms with Crippen molar-refractivity contribution in [3.05, 3.63) is 35.2 Å². The minimum atomic E-state index is 0.0650. The number of methoxy groups -OCH3 is 1. The quantitative estimate of drug-likeness (QED) is 0.620. The number of thioether (sulfide) groups is 1. The van der Waals surface area contributed by atoms with Crippen LogP contribution in [-0.4, -0.2) is 27.7 Å². The Bertz CT molecular complexity index is 712. The van der Waals surface area contributed by atoms with Crippen molar-refractivity contribution in [2.75, 3.05) is 7.11 Å². The van der Waals surface area contributed by atoms with E-state index in [4.69, 9.17) is 4.74 Å². The summed E-state index contributed by atoms with van der Waals surface area (Å²) < 4.78 is 7.65. The molecule has 0 saturated carbocycles. The summed E-state index contributed by atoms with van der Waals surface area (Å²) in [4.78, 5) is 11.6. The van der Waals surface area contributed by atoms with Crippen LogP contribution in [0.25, 0.3) is 0 Å². The van der Waals surface area contributed by atoms with Crippen molar-refractivity contribution in [3.8, 4) is 5.75 Å². The number of fused-ring (bicyclic) bond motifs is 1. The molecule has 0 spiro atoms. The highest BCUT2D eigenvalue weighted by Crippen LogP contribution is 2.29. The van der Waals surface area contributed by atoms with Crippen LogP contribution in [0.3, 0.4) is 0 Å². The van der Waals surface area contributed by atoms with Gasteiger partial charge in [-0.05, 0) is 38.0 Å². The third-order valence-corrected chi connectivity index (χ3v) is 5.13. The van der Waals surface area contributed by atoms with Crippen molar-refractivity contribution in [1.82, 2.24) is 14.8 Å². The highest BCUT2D eigenvalue weighted by Gasteiger charge is 2.16. The first-order valence-electron chi connectivity index (χ1n) is 7.92. The molecule has 0 aliphatic carbocycles. The number of hydrogen-bond acceptors (Lipinski definition) is 5. The minimum absolute atomic E-state index is 0.0650. The second-order valence-corrected chi connectivity index (χ2v) is 6.68. The lowest BCUT2D eigenvalue weighted by atomic mass is 10.1. The molecule has 0 N–H and O–H groups in total. The van der Waals surface area contributed by atoms with Gasteiger partial charge in [0.15, 0.2) is 10.9 Å². The van der Waals surface area contributed by atoms with Gasteiger partial charge in [-0.25, -0.2) is 0 Å². The molecule has 122 valence electrons. The molecule has 1 aromatic carbocycles. The summed E-state index contributed by atoms with van der Waals surface area (Å²) in [7, 11) is 1.65. The van der Waals surface area contributed by atoms with Crippen LogP contribution in [-0.2, 0) is 18.7 Å². The third kappa shape index (κ3) is 3.58. The Kier molecular flexibility index (Phi) is 5.00. The molecule has 0 radical (unpaired) electrons. The third-order valence-electron chi connectivity index (χ3n) is 4.12. The molecule has 3 rings (SSSR count). The van der Waals surface area contributed by atoms with E-state index in [1.54, 1.807) is 31.9 Å². The van der Waals surface area contributed by atoms with Gasteiger partial charge in [0.25, 0.3) is 0 Å². The molecule has 5 nitrogen and oxygen atoms in total. The summed E-state index contributed by atoms with van der Waals surface area (Å²) >= 11 is 1.65. The number of carbonyl (C=O) groups is 1. The Morgan fingerprint density at radius 1 is 1.30 bits per heavy atom. The number of carbonyl (C=O) groups excluding carboxylic acids is 1. The fourth-order valence-corrected chi connectivity index (χ4v) is 3.78. The molecule has 0 unspecified atom stereocenters. The molecule has 1 aliphatic heterocycles. The van der Waals surface area contributed by atoms with Crippen LogP contribution < -0.4 is 4.74 Å². The zero-order valence-electron chi connectivity index (χ0n) is 13.5. The summed E-state index contributed by atoms with van der Waals surface area (Å²) in [6, 6.07) is 5.57. The number of Topliss-reactive ketones (excluding diaryl/α,β-unsaturated/α-hetero) is 1. The van der Waals surface area contributed by atoms with E-state index in [-0.39, 0.29) is 5.78 Å². The Morgan fingerprint density at radius 2 is 2.17 bits per heavy atom. The second kappa shape index (κ2) is 7.17. The SMILES string of the molecule is COc1ccc(C(C)=O)cc1CSc1nnc2n1CCCCC2. The number of aromatic nitrogens is 3. The van der Waals surface area contributed by atoms with Crippen molar-refractivity contribution in [2.45, 2.75) is 50.1 Å². The largest absolute Gasteiger partial charge is 0.496 e. The number of hydrogen-bond donors (Lipinski definition) is 0. The molecule has 1 aliphatic rings. The van der Waals surface area contributed by atoms with Crippen molar-refractivity contribution < 1.29 is 9.53 Å². The predicted molar refractivity (Wildman–Crippen MR) is 90.1 cm³/mol. The highest BCUT2D eigenvalue weighted by molar-refractivity contribution is 7.98. The van der Waals surface area contributed by atoms with Gasteiger partial charge in [-0.15, -0.1) is 10.2 Å². The van der Waals surface area contributed by atoms with E-state index in [0.717, 1.165) is 35.3 Å². The summed E-state index contributed by atoms with van der Waals surface area (Å²) in [5.74, 6) is 2.67. The maximum absolute atomic E-state index is 11.6. The molecule has 0 amide bonds. The number of aryl methyl sites for hydroxylation is 1. The summed E-state index contributed by atoms with van der Waals surface area (Å²) in [6.07, 6.45) is 4.64. The number of ketones is 1. The van der Waals surface area contributed by atoms with E-state index in [1.807, 2.05) is 12.1 Å². The van der Waals surface area contributed by atoms with Crippen LogP contribution in [0.2, 0.25) is 0 Å². The van der Waals surface area contributed by atoms with E-state index >= 15 is 0 Å². The molecule has 1 aromatic heterocycles. The Labute approximate surface area is 140 Å². The standard InChI is InChI=1S/C17H21N3O2S/c1-12(21)13-7-8-15(22-2)14(10-13)11-23-17-19-18-16-6-4-3-5-9-20(16)17/h7-8,10H,3-6,9,11H2,1-2H3. The molecule has 2 heterocycles. The fraction of sp³-hybridized carbons (Fsp3) is 0.471. The van der Waals surface area contributed by atoms with E-state index in [0.29, 0.717) is 11.3 Å². The molecule has 6 heteroatoms. The van der Waals surface area contributed by atoms with Gasteiger partial charge in [0.05, 0.1) is 7.11 Å². The van der Waals surface area contributed by atoms with Crippen molar-refractivity contribution >= 4 is 17.5 Å². The van der Waals surface area contributed by atoms with Crippen molar-refractivity contribution in [1.29, 1.82) is 0 Å². The predicted octanol–water partition coefficient (Wildman–Crippen LogP) is 3.51. The van der Waals surface area contributed by atoms with Gasteiger partial charge in [-0.2, -0.15) is 0 Å². The van der Waals surface area contributed by atoms with E-state index in [1.165, 1.54) is 19.3 Å². The molecular weight excluding hydrogens is 310 g/mol. The van der Waals surface area contributed by atoms with Gasteiger partial charge in [0, 0.05) is 29.8 Å². The molecule has 2 aromatic rings. The second-order valence-electron chi connectivity index (χ2n) is 5.73. The molecule has 0 saturated heterocycles. The van der Waals surface area contributed by atoms with Gasteiger partial charge < -0.3 is 9.30 Å². The lowest BCUT2D eigenvalue weighted by Crippen LogP contribution is -2.02.